The van der Waals surface area contributed by atoms with Crippen molar-refractivity contribution in [2.75, 3.05) is 24.5 Å². The molecule has 0 bridgehead atoms. The molecule has 0 aromatic carbocycles. The Bertz CT molecular complexity index is 359. The molecule has 0 spiro atoms. The number of rotatable bonds is 9. The van der Waals surface area contributed by atoms with Crippen LogP contribution in [0.25, 0.3) is 0 Å². The Kier molecular flexibility index (Phi) is 5.58. The van der Waals surface area contributed by atoms with E-state index in [0.29, 0.717) is 0 Å². The predicted octanol–water partition coefficient (Wildman–Crippen LogP) is 2.60. The van der Waals surface area contributed by atoms with Crippen LogP contribution in [0.2, 0.25) is 0 Å². The van der Waals surface area contributed by atoms with Gasteiger partial charge in [0.2, 0.25) is 0 Å². The Hall–Kier alpha value is -1.16. The van der Waals surface area contributed by atoms with E-state index in [0.717, 1.165) is 56.5 Å². The third-order valence-electron chi connectivity index (χ3n) is 3.43. The molecule has 1 aromatic rings. The molecule has 0 atom stereocenters. The highest BCUT2D eigenvalue weighted by Gasteiger charge is 2.24. The Labute approximate surface area is 116 Å². The van der Waals surface area contributed by atoms with Crippen LogP contribution in [0.15, 0.2) is 12.1 Å². The monoisotopic (exact) mass is 262 g/mol. The molecule has 1 fully saturated rings. The first kappa shape index (κ1) is 14.3. The summed E-state index contributed by atoms with van der Waals surface area (Å²) in [6.45, 7) is 8.47. The van der Waals surface area contributed by atoms with Crippen LogP contribution in [0, 0.1) is 5.92 Å². The molecule has 2 rings (SSSR count). The first-order valence-corrected chi connectivity index (χ1v) is 7.61. The Morgan fingerprint density at radius 2 is 2.05 bits per heavy atom. The fourth-order valence-corrected chi connectivity index (χ4v) is 2.19. The molecule has 1 N–H and O–H groups in total. The zero-order chi connectivity index (χ0) is 13.5. The van der Waals surface area contributed by atoms with Crippen LogP contribution >= 0.6 is 0 Å². The Balaban J connectivity index is 1.90. The lowest BCUT2D eigenvalue weighted by molar-refractivity contribution is 0.650. The van der Waals surface area contributed by atoms with Crippen molar-refractivity contribution >= 4 is 5.82 Å². The highest BCUT2D eigenvalue weighted by atomic mass is 15.3. The second-order valence-electron chi connectivity index (χ2n) is 5.45. The molecule has 0 amide bonds. The van der Waals surface area contributed by atoms with Crippen LogP contribution in [0.3, 0.4) is 0 Å². The van der Waals surface area contributed by atoms with E-state index in [1.807, 2.05) is 0 Å². The van der Waals surface area contributed by atoms with Crippen molar-refractivity contribution < 1.29 is 0 Å². The van der Waals surface area contributed by atoms with Gasteiger partial charge in [0.15, 0.2) is 5.82 Å². The molecule has 1 aromatic heterocycles. The molecule has 0 saturated heterocycles. The first-order valence-electron chi connectivity index (χ1n) is 7.61. The van der Waals surface area contributed by atoms with Gasteiger partial charge in [-0.1, -0.05) is 13.8 Å². The molecule has 1 saturated carbocycles. The summed E-state index contributed by atoms with van der Waals surface area (Å²) in [6.07, 6.45) is 5.07. The van der Waals surface area contributed by atoms with Gasteiger partial charge in [0.1, 0.15) is 0 Å². The average molecular weight is 262 g/mol. The molecule has 1 aliphatic carbocycles. The van der Waals surface area contributed by atoms with Gasteiger partial charge in [-0.3, -0.25) is 0 Å². The maximum absolute atomic E-state index is 4.39. The normalized spacial score (nSPS) is 14.6. The highest BCUT2D eigenvalue weighted by molar-refractivity contribution is 5.37. The van der Waals surface area contributed by atoms with Crippen molar-refractivity contribution in [3.63, 3.8) is 0 Å². The molecule has 0 aliphatic heterocycles. The molecule has 0 unspecified atom stereocenters. The minimum Gasteiger partial charge on any atom is -0.355 e. The molecule has 4 nitrogen and oxygen atoms in total. The third-order valence-corrected chi connectivity index (χ3v) is 3.43. The van der Waals surface area contributed by atoms with Gasteiger partial charge >= 0.3 is 0 Å². The predicted molar refractivity (Wildman–Crippen MR) is 79.3 cm³/mol. The maximum atomic E-state index is 4.39. The summed E-state index contributed by atoms with van der Waals surface area (Å²) in [5.41, 5.74) is 1.03. The summed E-state index contributed by atoms with van der Waals surface area (Å²) in [7, 11) is 0. The van der Waals surface area contributed by atoms with Crippen molar-refractivity contribution in [3.8, 4) is 0 Å². The molecule has 1 heterocycles. The number of anilines is 1. The summed E-state index contributed by atoms with van der Waals surface area (Å²) < 4.78 is 0. The Morgan fingerprint density at radius 3 is 2.63 bits per heavy atom. The fraction of sp³-hybridized carbons (Fsp3) is 0.733. The standard InChI is InChI=1S/C15H26N4/c1-3-9-16-11-14-7-8-15(18-17-14)19(10-4-2)12-13-5-6-13/h7-8,13,16H,3-6,9-12H2,1-2H3. The van der Waals surface area contributed by atoms with Crippen LogP contribution in [0.4, 0.5) is 5.82 Å². The van der Waals surface area contributed by atoms with E-state index in [-0.39, 0.29) is 0 Å². The lowest BCUT2D eigenvalue weighted by atomic mass is 10.3. The largest absolute Gasteiger partial charge is 0.355 e. The van der Waals surface area contributed by atoms with Crippen molar-refractivity contribution in [1.82, 2.24) is 15.5 Å². The number of hydrogen-bond donors (Lipinski definition) is 1. The zero-order valence-electron chi connectivity index (χ0n) is 12.2. The minimum atomic E-state index is 0.817. The van der Waals surface area contributed by atoms with E-state index in [1.165, 1.54) is 12.8 Å². The summed E-state index contributed by atoms with van der Waals surface area (Å²) in [5, 5.41) is 12.1. The van der Waals surface area contributed by atoms with Crippen LogP contribution in [-0.4, -0.2) is 29.8 Å². The lowest BCUT2D eigenvalue weighted by Crippen LogP contribution is -2.28. The second-order valence-corrected chi connectivity index (χ2v) is 5.45. The van der Waals surface area contributed by atoms with Gasteiger partial charge in [0.05, 0.1) is 5.69 Å². The SMILES string of the molecule is CCCNCc1ccc(N(CCC)CC2CC2)nn1. The molecule has 1 aliphatic rings. The fourth-order valence-electron chi connectivity index (χ4n) is 2.19. The first-order chi connectivity index (χ1) is 9.33. The van der Waals surface area contributed by atoms with Gasteiger partial charge in [-0.15, -0.1) is 5.10 Å². The van der Waals surface area contributed by atoms with Gasteiger partial charge in [-0.25, -0.2) is 0 Å². The van der Waals surface area contributed by atoms with Crippen molar-refractivity contribution in [3.05, 3.63) is 17.8 Å². The smallest absolute Gasteiger partial charge is 0.151 e. The molecular formula is C15H26N4. The molecule has 19 heavy (non-hydrogen) atoms. The van der Waals surface area contributed by atoms with E-state index >= 15 is 0 Å². The highest BCUT2D eigenvalue weighted by Crippen LogP contribution is 2.30. The van der Waals surface area contributed by atoms with Gasteiger partial charge in [-0.05, 0) is 50.3 Å². The van der Waals surface area contributed by atoms with Gasteiger partial charge in [0.25, 0.3) is 0 Å². The summed E-state index contributed by atoms with van der Waals surface area (Å²) in [5.74, 6) is 1.92. The van der Waals surface area contributed by atoms with Crippen LogP contribution < -0.4 is 10.2 Å². The van der Waals surface area contributed by atoms with E-state index < -0.39 is 0 Å². The summed E-state index contributed by atoms with van der Waals surface area (Å²) >= 11 is 0. The molecule has 106 valence electrons. The summed E-state index contributed by atoms with van der Waals surface area (Å²) in [4.78, 5) is 2.38. The number of nitrogens with zero attached hydrogens (tertiary/aromatic N) is 3. The van der Waals surface area contributed by atoms with Gasteiger partial charge in [-0.2, -0.15) is 5.10 Å². The van der Waals surface area contributed by atoms with Crippen molar-refractivity contribution in [2.45, 2.75) is 46.1 Å². The lowest BCUT2D eigenvalue weighted by Gasteiger charge is -2.22. The maximum Gasteiger partial charge on any atom is 0.151 e. The van der Waals surface area contributed by atoms with E-state index in [2.05, 4.69) is 46.4 Å². The quantitative estimate of drug-likeness (QED) is 0.695. The number of aromatic nitrogens is 2. The number of hydrogen-bond acceptors (Lipinski definition) is 4. The summed E-state index contributed by atoms with van der Waals surface area (Å²) in [6, 6.07) is 4.22. The van der Waals surface area contributed by atoms with Crippen molar-refractivity contribution in [1.29, 1.82) is 0 Å². The van der Waals surface area contributed by atoms with Crippen LogP contribution in [0.5, 0.6) is 0 Å². The number of nitrogens with one attached hydrogen (secondary N) is 1. The van der Waals surface area contributed by atoms with Gasteiger partial charge in [0, 0.05) is 19.6 Å². The Morgan fingerprint density at radius 1 is 1.21 bits per heavy atom. The molecule has 0 radical (unpaired) electrons. The van der Waals surface area contributed by atoms with E-state index in [1.54, 1.807) is 0 Å². The second kappa shape index (κ2) is 7.43. The molecule has 4 heteroatoms. The van der Waals surface area contributed by atoms with Crippen LogP contribution in [0.1, 0.15) is 45.2 Å². The molecular weight excluding hydrogens is 236 g/mol. The average Bonchev–Trinajstić information content (AvgIpc) is 3.23. The third kappa shape index (κ3) is 4.78. The van der Waals surface area contributed by atoms with Crippen molar-refractivity contribution in [2.24, 2.45) is 5.92 Å². The van der Waals surface area contributed by atoms with Gasteiger partial charge < -0.3 is 10.2 Å². The van der Waals surface area contributed by atoms with E-state index in [4.69, 9.17) is 0 Å². The van der Waals surface area contributed by atoms with Crippen LogP contribution in [-0.2, 0) is 6.54 Å². The zero-order valence-corrected chi connectivity index (χ0v) is 12.2. The topological polar surface area (TPSA) is 41.0 Å². The minimum absolute atomic E-state index is 0.817. The van der Waals surface area contributed by atoms with E-state index in [9.17, 15) is 0 Å².